The Balaban J connectivity index is 2.68. The Morgan fingerprint density at radius 1 is 1.59 bits per heavy atom. The molecule has 17 heavy (non-hydrogen) atoms. The summed E-state index contributed by atoms with van der Waals surface area (Å²) in [5.74, 6) is 0.411. The molecule has 0 amide bonds. The third-order valence-electron chi connectivity index (χ3n) is 2.38. The minimum atomic E-state index is -0.212. The summed E-state index contributed by atoms with van der Waals surface area (Å²) >= 11 is 1.56. The van der Waals surface area contributed by atoms with Gasteiger partial charge in [-0.25, -0.2) is 9.97 Å². The lowest BCUT2D eigenvalue weighted by atomic mass is 10.2. The van der Waals surface area contributed by atoms with E-state index in [2.05, 4.69) is 9.97 Å². The van der Waals surface area contributed by atoms with Crippen LogP contribution in [0.1, 0.15) is 6.92 Å². The summed E-state index contributed by atoms with van der Waals surface area (Å²) in [5.41, 5.74) is 0. The summed E-state index contributed by atoms with van der Waals surface area (Å²) < 4.78 is 4.69. The number of thioether (sulfide) groups is 1. The van der Waals surface area contributed by atoms with E-state index in [0.29, 0.717) is 6.54 Å². The lowest BCUT2D eigenvalue weighted by molar-refractivity contribution is -0.144. The van der Waals surface area contributed by atoms with Crippen molar-refractivity contribution in [3.05, 3.63) is 12.4 Å². The van der Waals surface area contributed by atoms with Crippen LogP contribution in [0.5, 0.6) is 0 Å². The molecule has 1 aromatic heterocycles. The van der Waals surface area contributed by atoms with E-state index in [9.17, 15) is 4.79 Å². The maximum Gasteiger partial charge on any atom is 0.310 e. The molecule has 0 fully saturated rings. The van der Waals surface area contributed by atoms with Gasteiger partial charge >= 0.3 is 5.97 Å². The Bertz CT molecular complexity index is 387. The third-order valence-corrected chi connectivity index (χ3v) is 3.02. The van der Waals surface area contributed by atoms with Gasteiger partial charge in [-0.1, -0.05) is 6.92 Å². The Hall–Kier alpha value is -1.30. The van der Waals surface area contributed by atoms with Crippen LogP contribution in [0.2, 0.25) is 0 Å². The number of ether oxygens (including phenoxy) is 1. The average Bonchev–Trinajstić information content (AvgIpc) is 2.37. The van der Waals surface area contributed by atoms with Crippen LogP contribution in [0.25, 0.3) is 0 Å². The second-order valence-corrected chi connectivity index (χ2v) is 4.55. The standard InChI is InChI=1S/C11H17N3O2S/c1-8(11(15)16-3)6-14(2)9-5-10(17-4)13-7-12-9/h5,7-8H,6H2,1-4H3. The Kier molecular flexibility index (Phi) is 5.21. The predicted octanol–water partition coefficient (Wildman–Crippen LogP) is 1.44. The van der Waals surface area contributed by atoms with Gasteiger partial charge in [0.25, 0.3) is 0 Å². The second kappa shape index (κ2) is 6.44. The second-order valence-electron chi connectivity index (χ2n) is 3.72. The highest BCUT2D eigenvalue weighted by atomic mass is 32.2. The van der Waals surface area contributed by atoms with Crippen molar-refractivity contribution in [3.8, 4) is 0 Å². The molecule has 6 heteroatoms. The molecular weight excluding hydrogens is 238 g/mol. The van der Waals surface area contributed by atoms with E-state index in [4.69, 9.17) is 4.74 Å². The zero-order chi connectivity index (χ0) is 12.8. The smallest absolute Gasteiger partial charge is 0.310 e. The lowest BCUT2D eigenvalue weighted by Crippen LogP contribution is -2.29. The van der Waals surface area contributed by atoms with Crippen LogP contribution in [0.15, 0.2) is 17.4 Å². The zero-order valence-electron chi connectivity index (χ0n) is 10.5. The summed E-state index contributed by atoms with van der Waals surface area (Å²) in [6.07, 6.45) is 3.49. The number of carbonyl (C=O) groups is 1. The van der Waals surface area contributed by atoms with Crippen molar-refractivity contribution < 1.29 is 9.53 Å². The first-order valence-corrected chi connectivity index (χ1v) is 6.46. The summed E-state index contributed by atoms with van der Waals surface area (Å²) in [6.45, 7) is 2.40. The van der Waals surface area contributed by atoms with Crippen molar-refractivity contribution in [2.75, 3.05) is 31.9 Å². The number of aromatic nitrogens is 2. The molecule has 5 nitrogen and oxygen atoms in total. The van der Waals surface area contributed by atoms with Crippen molar-refractivity contribution in [2.24, 2.45) is 5.92 Å². The van der Waals surface area contributed by atoms with Crippen LogP contribution in [-0.2, 0) is 9.53 Å². The van der Waals surface area contributed by atoms with Crippen LogP contribution in [0, 0.1) is 5.92 Å². The highest BCUT2D eigenvalue weighted by molar-refractivity contribution is 7.98. The monoisotopic (exact) mass is 255 g/mol. The first-order valence-electron chi connectivity index (χ1n) is 5.23. The number of esters is 1. The Morgan fingerprint density at radius 2 is 2.29 bits per heavy atom. The number of rotatable bonds is 5. The van der Waals surface area contributed by atoms with E-state index in [-0.39, 0.29) is 11.9 Å². The van der Waals surface area contributed by atoms with Crippen molar-refractivity contribution in [2.45, 2.75) is 11.9 Å². The molecule has 0 aliphatic heterocycles. The SMILES string of the molecule is COC(=O)C(C)CN(C)c1cc(SC)ncn1. The molecule has 0 saturated heterocycles. The molecule has 0 aliphatic carbocycles. The summed E-state index contributed by atoms with van der Waals surface area (Å²) in [5, 5.41) is 0.910. The topological polar surface area (TPSA) is 55.3 Å². The number of methoxy groups -OCH3 is 1. The number of hydrogen-bond donors (Lipinski definition) is 0. The molecule has 0 spiro atoms. The molecular formula is C11H17N3O2S. The summed E-state index contributed by atoms with van der Waals surface area (Å²) in [6, 6.07) is 1.90. The van der Waals surface area contributed by atoms with Gasteiger partial charge in [0, 0.05) is 19.7 Å². The molecule has 0 aliphatic rings. The van der Waals surface area contributed by atoms with Crippen molar-refractivity contribution in [1.82, 2.24) is 9.97 Å². The minimum Gasteiger partial charge on any atom is -0.469 e. The summed E-state index contributed by atoms with van der Waals surface area (Å²) in [7, 11) is 3.29. The molecule has 0 N–H and O–H groups in total. The number of hydrogen-bond acceptors (Lipinski definition) is 6. The van der Waals surface area contributed by atoms with Gasteiger partial charge in [-0.2, -0.15) is 0 Å². The van der Waals surface area contributed by atoms with Gasteiger partial charge in [0.15, 0.2) is 0 Å². The van der Waals surface area contributed by atoms with E-state index in [1.165, 1.54) is 13.4 Å². The Morgan fingerprint density at radius 3 is 2.88 bits per heavy atom. The molecule has 1 unspecified atom stereocenters. The lowest BCUT2D eigenvalue weighted by Gasteiger charge is -2.21. The van der Waals surface area contributed by atoms with Gasteiger partial charge in [0.1, 0.15) is 17.2 Å². The van der Waals surface area contributed by atoms with E-state index in [1.54, 1.807) is 11.8 Å². The van der Waals surface area contributed by atoms with Gasteiger partial charge in [-0.3, -0.25) is 4.79 Å². The molecule has 0 radical (unpaired) electrons. The predicted molar refractivity (Wildman–Crippen MR) is 68.3 cm³/mol. The number of carbonyl (C=O) groups excluding carboxylic acids is 1. The maximum atomic E-state index is 11.3. The van der Waals surface area contributed by atoms with E-state index >= 15 is 0 Å². The maximum absolute atomic E-state index is 11.3. The van der Waals surface area contributed by atoms with Crippen LogP contribution in [0.4, 0.5) is 5.82 Å². The van der Waals surface area contributed by atoms with Gasteiger partial charge in [-0.05, 0) is 6.26 Å². The van der Waals surface area contributed by atoms with Gasteiger partial charge in [0.05, 0.1) is 13.0 Å². The van der Waals surface area contributed by atoms with Gasteiger partial charge in [-0.15, -0.1) is 11.8 Å². The molecule has 1 rings (SSSR count). The highest BCUT2D eigenvalue weighted by Crippen LogP contribution is 2.17. The zero-order valence-corrected chi connectivity index (χ0v) is 11.3. The third kappa shape index (κ3) is 3.89. The normalized spacial score (nSPS) is 12.0. The molecule has 1 aromatic rings. The van der Waals surface area contributed by atoms with Crippen LogP contribution in [-0.4, -0.2) is 42.9 Å². The first-order chi connectivity index (χ1) is 8.08. The van der Waals surface area contributed by atoms with Crippen LogP contribution in [0.3, 0.4) is 0 Å². The first kappa shape index (κ1) is 13.8. The Labute approximate surface area is 106 Å². The molecule has 0 aromatic carbocycles. The molecule has 1 atom stereocenters. The van der Waals surface area contributed by atoms with Crippen LogP contribution >= 0.6 is 11.8 Å². The largest absolute Gasteiger partial charge is 0.469 e. The fourth-order valence-electron chi connectivity index (χ4n) is 1.43. The molecule has 1 heterocycles. The van der Waals surface area contributed by atoms with E-state index < -0.39 is 0 Å². The van der Waals surface area contributed by atoms with Crippen molar-refractivity contribution in [3.63, 3.8) is 0 Å². The van der Waals surface area contributed by atoms with E-state index in [1.807, 2.05) is 31.2 Å². The fraction of sp³-hybridized carbons (Fsp3) is 0.545. The van der Waals surface area contributed by atoms with Gasteiger partial charge in [0.2, 0.25) is 0 Å². The summed E-state index contributed by atoms with van der Waals surface area (Å²) in [4.78, 5) is 21.5. The molecule has 0 bridgehead atoms. The van der Waals surface area contributed by atoms with Crippen molar-refractivity contribution >= 4 is 23.5 Å². The van der Waals surface area contributed by atoms with Crippen molar-refractivity contribution in [1.29, 1.82) is 0 Å². The number of anilines is 1. The molecule has 0 saturated carbocycles. The van der Waals surface area contributed by atoms with Crippen LogP contribution < -0.4 is 4.90 Å². The molecule has 94 valence electrons. The fourth-order valence-corrected chi connectivity index (χ4v) is 1.81. The number of nitrogens with zero attached hydrogens (tertiary/aromatic N) is 3. The highest BCUT2D eigenvalue weighted by Gasteiger charge is 2.16. The van der Waals surface area contributed by atoms with E-state index in [0.717, 1.165) is 10.8 Å². The quantitative estimate of drug-likeness (QED) is 0.451. The van der Waals surface area contributed by atoms with Gasteiger partial charge < -0.3 is 9.64 Å². The minimum absolute atomic E-state index is 0.183. The average molecular weight is 255 g/mol.